The molecule has 1 aromatic heterocycles. The van der Waals surface area contributed by atoms with Gasteiger partial charge in [-0.05, 0) is 55.3 Å². The Morgan fingerprint density at radius 1 is 0.970 bits per heavy atom. The topological polar surface area (TPSA) is 68.0 Å². The van der Waals surface area contributed by atoms with Gasteiger partial charge in [-0.15, -0.1) is 0 Å². The molecule has 1 amide bonds. The standard InChI is InChI=1S/C25H26ClN3O4/c1-31-20-8-3-17(15-22(20)32-2)21-16-23(27-33-21)25(9-10-25)24(30)29-13-11-28(12-14-29)19-6-4-18(26)5-7-19/h3-8,15-16H,9-14H2,1-2H3. The number of anilines is 1. The third-order valence-corrected chi connectivity index (χ3v) is 6.84. The molecule has 0 atom stereocenters. The van der Waals surface area contributed by atoms with Crippen molar-refractivity contribution in [2.75, 3.05) is 45.3 Å². The fourth-order valence-corrected chi connectivity index (χ4v) is 4.58. The molecule has 7 nitrogen and oxygen atoms in total. The second-order valence-corrected chi connectivity index (χ2v) is 8.92. The average Bonchev–Trinajstić information content (AvgIpc) is 3.52. The maximum absolute atomic E-state index is 13.5. The molecule has 0 N–H and O–H groups in total. The minimum Gasteiger partial charge on any atom is -0.493 e. The van der Waals surface area contributed by atoms with Gasteiger partial charge < -0.3 is 23.8 Å². The quantitative estimate of drug-likeness (QED) is 0.535. The number of methoxy groups -OCH3 is 2. The number of hydrogen-bond acceptors (Lipinski definition) is 6. The van der Waals surface area contributed by atoms with E-state index in [9.17, 15) is 4.79 Å². The first-order valence-electron chi connectivity index (χ1n) is 11.0. The van der Waals surface area contributed by atoms with Crippen molar-refractivity contribution < 1.29 is 18.8 Å². The SMILES string of the molecule is COc1ccc(-c2cc(C3(C(=O)N4CCN(c5ccc(Cl)cc5)CC4)CC3)no2)cc1OC. The maximum atomic E-state index is 13.5. The predicted octanol–water partition coefficient (Wildman–Crippen LogP) is 4.39. The van der Waals surface area contributed by atoms with E-state index in [4.69, 9.17) is 25.6 Å². The van der Waals surface area contributed by atoms with Crippen molar-refractivity contribution in [3.8, 4) is 22.8 Å². The molecule has 1 saturated heterocycles. The van der Waals surface area contributed by atoms with Crippen LogP contribution >= 0.6 is 11.6 Å². The number of piperazine rings is 1. The summed E-state index contributed by atoms with van der Waals surface area (Å²) in [7, 11) is 3.19. The van der Waals surface area contributed by atoms with E-state index in [1.54, 1.807) is 14.2 Å². The molecule has 2 fully saturated rings. The smallest absolute Gasteiger partial charge is 0.235 e. The molecule has 0 bridgehead atoms. The number of aromatic nitrogens is 1. The highest BCUT2D eigenvalue weighted by molar-refractivity contribution is 6.30. The average molecular weight is 468 g/mol. The van der Waals surface area contributed by atoms with Crippen LogP contribution in [0.3, 0.4) is 0 Å². The molecule has 0 radical (unpaired) electrons. The summed E-state index contributed by atoms with van der Waals surface area (Å²) >= 11 is 6.00. The van der Waals surface area contributed by atoms with Gasteiger partial charge in [0, 0.05) is 48.5 Å². The van der Waals surface area contributed by atoms with Gasteiger partial charge in [0.1, 0.15) is 0 Å². The van der Waals surface area contributed by atoms with Crippen LogP contribution in [-0.4, -0.2) is 56.4 Å². The van der Waals surface area contributed by atoms with E-state index in [1.807, 2.05) is 53.4 Å². The van der Waals surface area contributed by atoms with Crippen LogP contribution in [0.4, 0.5) is 5.69 Å². The molecule has 2 aliphatic rings. The van der Waals surface area contributed by atoms with E-state index in [-0.39, 0.29) is 5.91 Å². The number of carbonyl (C=O) groups excluding carboxylic acids is 1. The first-order valence-corrected chi connectivity index (χ1v) is 11.4. The van der Waals surface area contributed by atoms with Gasteiger partial charge in [-0.2, -0.15) is 0 Å². The van der Waals surface area contributed by atoms with Crippen LogP contribution in [-0.2, 0) is 10.2 Å². The highest BCUT2D eigenvalue weighted by Crippen LogP contribution is 2.50. The number of nitrogens with zero attached hydrogens (tertiary/aromatic N) is 3. The van der Waals surface area contributed by atoms with Crippen LogP contribution in [0.2, 0.25) is 5.02 Å². The molecule has 0 spiro atoms. The van der Waals surface area contributed by atoms with Crippen LogP contribution in [0, 0.1) is 0 Å². The van der Waals surface area contributed by atoms with Gasteiger partial charge in [-0.1, -0.05) is 16.8 Å². The van der Waals surface area contributed by atoms with E-state index in [0.717, 1.165) is 42.2 Å². The molecule has 33 heavy (non-hydrogen) atoms. The molecule has 5 rings (SSSR count). The van der Waals surface area contributed by atoms with Crippen molar-refractivity contribution in [2.45, 2.75) is 18.3 Å². The minimum atomic E-state index is -0.569. The van der Waals surface area contributed by atoms with Gasteiger partial charge in [0.25, 0.3) is 0 Å². The zero-order valence-corrected chi connectivity index (χ0v) is 19.5. The Morgan fingerprint density at radius 2 is 1.67 bits per heavy atom. The third kappa shape index (κ3) is 4.02. The molecule has 2 heterocycles. The number of ether oxygens (including phenoxy) is 2. The van der Waals surface area contributed by atoms with Crippen molar-refractivity contribution in [3.63, 3.8) is 0 Å². The van der Waals surface area contributed by atoms with Gasteiger partial charge in [0.15, 0.2) is 17.3 Å². The summed E-state index contributed by atoms with van der Waals surface area (Å²) in [4.78, 5) is 17.7. The lowest BCUT2D eigenvalue weighted by Crippen LogP contribution is -2.51. The number of amides is 1. The Kier molecular flexibility index (Phi) is 5.66. The zero-order valence-electron chi connectivity index (χ0n) is 18.7. The van der Waals surface area contributed by atoms with E-state index in [0.29, 0.717) is 36.0 Å². The zero-order chi connectivity index (χ0) is 23.0. The highest BCUT2D eigenvalue weighted by Gasteiger charge is 2.55. The van der Waals surface area contributed by atoms with Crippen molar-refractivity contribution >= 4 is 23.2 Å². The molecule has 1 saturated carbocycles. The summed E-state index contributed by atoms with van der Waals surface area (Å²) in [6.07, 6.45) is 1.59. The van der Waals surface area contributed by atoms with Crippen LogP contribution in [0.5, 0.6) is 11.5 Å². The van der Waals surface area contributed by atoms with E-state index < -0.39 is 5.41 Å². The Bertz CT molecular complexity index is 1150. The minimum absolute atomic E-state index is 0.144. The summed E-state index contributed by atoms with van der Waals surface area (Å²) in [5.41, 5.74) is 2.09. The summed E-state index contributed by atoms with van der Waals surface area (Å²) in [6.45, 7) is 2.95. The van der Waals surface area contributed by atoms with Gasteiger partial charge in [0.05, 0.1) is 25.3 Å². The summed E-state index contributed by atoms with van der Waals surface area (Å²) in [6, 6.07) is 15.3. The second-order valence-electron chi connectivity index (χ2n) is 8.48. The largest absolute Gasteiger partial charge is 0.493 e. The first-order chi connectivity index (χ1) is 16.0. The Hall–Kier alpha value is -3.19. The Balaban J connectivity index is 1.29. The van der Waals surface area contributed by atoms with Crippen LogP contribution < -0.4 is 14.4 Å². The molecule has 2 aromatic carbocycles. The van der Waals surface area contributed by atoms with E-state index in [2.05, 4.69) is 10.1 Å². The molecular formula is C25H26ClN3O4. The van der Waals surface area contributed by atoms with Crippen LogP contribution in [0.15, 0.2) is 53.1 Å². The number of benzene rings is 2. The number of halogens is 1. The Morgan fingerprint density at radius 3 is 2.30 bits per heavy atom. The van der Waals surface area contributed by atoms with Crippen molar-refractivity contribution in [2.24, 2.45) is 0 Å². The molecule has 3 aromatic rings. The third-order valence-electron chi connectivity index (χ3n) is 6.59. The van der Waals surface area contributed by atoms with Crippen LogP contribution in [0.25, 0.3) is 11.3 Å². The second kappa shape index (κ2) is 8.63. The van der Waals surface area contributed by atoms with Gasteiger partial charge in [-0.25, -0.2) is 0 Å². The van der Waals surface area contributed by atoms with E-state index in [1.165, 1.54) is 0 Å². The fourth-order valence-electron chi connectivity index (χ4n) is 4.45. The van der Waals surface area contributed by atoms with Crippen LogP contribution in [0.1, 0.15) is 18.5 Å². The monoisotopic (exact) mass is 467 g/mol. The Labute approximate surface area is 197 Å². The first kappa shape index (κ1) is 21.6. The van der Waals surface area contributed by atoms with Gasteiger partial charge >= 0.3 is 0 Å². The lowest BCUT2D eigenvalue weighted by molar-refractivity contribution is -0.134. The number of rotatable bonds is 6. The van der Waals surface area contributed by atoms with Gasteiger partial charge in [-0.3, -0.25) is 4.79 Å². The molecule has 1 aliphatic carbocycles. The summed E-state index contributed by atoms with van der Waals surface area (Å²) in [5, 5.41) is 5.02. The van der Waals surface area contributed by atoms with E-state index >= 15 is 0 Å². The fraction of sp³-hybridized carbons (Fsp3) is 0.360. The van der Waals surface area contributed by atoms with Crippen molar-refractivity contribution in [1.29, 1.82) is 0 Å². The maximum Gasteiger partial charge on any atom is 0.235 e. The molecule has 172 valence electrons. The highest BCUT2D eigenvalue weighted by atomic mass is 35.5. The van der Waals surface area contributed by atoms with Crippen molar-refractivity contribution in [3.05, 3.63) is 59.2 Å². The predicted molar refractivity (Wildman–Crippen MR) is 126 cm³/mol. The lowest BCUT2D eigenvalue weighted by atomic mass is 9.99. The lowest BCUT2D eigenvalue weighted by Gasteiger charge is -2.37. The molecule has 0 unspecified atom stereocenters. The number of hydrogen-bond donors (Lipinski definition) is 0. The van der Waals surface area contributed by atoms with Crippen molar-refractivity contribution in [1.82, 2.24) is 10.1 Å². The summed E-state index contributed by atoms with van der Waals surface area (Å²) in [5.74, 6) is 2.01. The normalized spacial score (nSPS) is 17.1. The molecule has 1 aliphatic heterocycles. The molecule has 8 heteroatoms. The summed E-state index contributed by atoms with van der Waals surface area (Å²) < 4.78 is 16.3. The molecular weight excluding hydrogens is 442 g/mol. The van der Waals surface area contributed by atoms with Gasteiger partial charge in [0.2, 0.25) is 5.91 Å². The number of carbonyl (C=O) groups is 1.